The lowest BCUT2D eigenvalue weighted by Gasteiger charge is -2.20. The van der Waals surface area contributed by atoms with E-state index in [1.165, 1.54) is 6.07 Å². The summed E-state index contributed by atoms with van der Waals surface area (Å²) in [5.74, 6) is -2.79. The van der Waals surface area contributed by atoms with Gasteiger partial charge in [-0.3, -0.25) is 0 Å². The molecule has 1 unspecified atom stereocenters. The molecule has 0 aromatic heterocycles. The van der Waals surface area contributed by atoms with E-state index in [9.17, 15) is 17.6 Å². The monoisotopic (exact) mass is 297 g/mol. The molecule has 0 amide bonds. The van der Waals surface area contributed by atoms with E-state index in [1.807, 2.05) is 0 Å². The Hall–Kier alpha value is -1.88. The first-order chi connectivity index (χ1) is 10.0. The van der Waals surface area contributed by atoms with Gasteiger partial charge < -0.3 is 5.32 Å². The van der Waals surface area contributed by atoms with Crippen molar-refractivity contribution in [2.75, 3.05) is 6.54 Å². The standard InChI is InChI=1S/C16H15F4N/c1-2-21-15(16-13(19)4-3-5-14(16)20)8-10-6-11(17)9-12(18)7-10/h3-7,9,15,21H,2,8H2,1H3. The van der Waals surface area contributed by atoms with E-state index in [2.05, 4.69) is 5.32 Å². The summed E-state index contributed by atoms with van der Waals surface area (Å²) in [6, 6.07) is 5.98. The minimum atomic E-state index is -0.714. The molecule has 1 atom stereocenters. The highest BCUT2D eigenvalue weighted by Gasteiger charge is 2.20. The molecule has 0 saturated heterocycles. The van der Waals surface area contributed by atoms with Crippen LogP contribution in [0.3, 0.4) is 0 Å². The van der Waals surface area contributed by atoms with E-state index in [4.69, 9.17) is 0 Å². The van der Waals surface area contributed by atoms with Gasteiger partial charge in [-0.15, -0.1) is 0 Å². The van der Waals surface area contributed by atoms with E-state index in [0.717, 1.165) is 30.3 Å². The first kappa shape index (κ1) is 15.5. The average molecular weight is 297 g/mol. The third kappa shape index (κ3) is 3.82. The lowest BCUT2D eigenvalue weighted by atomic mass is 9.97. The van der Waals surface area contributed by atoms with Crippen LogP contribution in [0.25, 0.3) is 0 Å². The summed E-state index contributed by atoms with van der Waals surface area (Å²) in [5.41, 5.74) is 0.213. The zero-order chi connectivity index (χ0) is 15.4. The zero-order valence-corrected chi connectivity index (χ0v) is 11.5. The Morgan fingerprint density at radius 3 is 2.05 bits per heavy atom. The summed E-state index contributed by atoms with van der Waals surface area (Å²) in [6.45, 7) is 2.26. The van der Waals surface area contributed by atoms with Gasteiger partial charge >= 0.3 is 0 Å². The second-order valence-corrected chi connectivity index (χ2v) is 4.73. The summed E-state index contributed by atoms with van der Waals surface area (Å²) in [4.78, 5) is 0. The first-order valence-corrected chi connectivity index (χ1v) is 6.63. The Balaban J connectivity index is 2.35. The molecule has 2 rings (SSSR count). The molecule has 0 fully saturated rings. The van der Waals surface area contributed by atoms with Gasteiger partial charge in [0.2, 0.25) is 0 Å². The Labute approximate surface area is 120 Å². The van der Waals surface area contributed by atoms with Crippen molar-refractivity contribution in [3.8, 4) is 0 Å². The smallest absolute Gasteiger partial charge is 0.130 e. The van der Waals surface area contributed by atoms with Gasteiger partial charge in [0.15, 0.2) is 0 Å². The van der Waals surface area contributed by atoms with Gasteiger partial charge in [-0.1, -0.05) is 13.0 Å². The van der Waals surface area contributed by atoms with Crippen molar-refractivity contribution >= 4 is 0 Å². The van der Waals surface area contributed by atoms with Gasteiger partial charge in [-0.25, -0.2) is 17.6 Å². The van der Waals surface area contributed by atoms with Gasteiger partial charge in [0.1, 0.15) is 23.3 Å². The van der Waals surface area contributed by atoms with Crippen LogP contribution in [0.15, 0.2) is 36.4 Å². The predicted molar refractivity (Wildman–Crippen MR) is 72.8 cm³/mol. The summed E-state index contributed by atoms with van der Waals surface area (Å²) < 4.78 is 54.1. The van der Waals surface area contributed by atoms with Crippen molar-refractivity contribution < 1.29 is 17.6 Å². The Morgan fingerprint density at radius 1 is 0.952 bits per heavy atom. The highest BCUT2D eigenvalue weighted by atomic mass is 19.1. The summed E-state index contributed by atoms with van der Waals surface area (Å²) in [6.07, 6.45) is 0.0837. The quantitative estimate of drug-likeness (QED) is 0.818. The fourth-order valence-electron chi connectivity index (χ4n) is 2.33. The van der Waals surface area contributed by atoms with Crippen LogP contribution in [0.5, 0.6) is 0 Å². The minimum absolute atomic E-state index is 0.0837. The van der Waals surface area contributed by atoms with E-state index >= 15 is 0 Å². The topological polar surface area (TPSA) is 12.0 Å². The van der Waals surface area contributed by atoms with Crippen molar-refractivity contribution in [1.82, 2.24) is 5.32 Å². The normalized spacial score (nSPS) is 12.4. The van der Waals surface area contributed by atoms with Crippen molar-refractivity contribution in [3.05, 3.63) is 70.8 Å². The summed E-state index contributed by atoms with van der Waals surface area (Å²) in [5, 5.41) is 2.94. The van der Waals surface area contributed by atoms with Crippen molar-refractivity contribution in [2.45, 2.75) is 19.4 Å². The van der Waals surface area contributed by atoms with Gasteiger partial charge in [-0.2, -0.15) is 0 Å². The van der Waals surface area contributed by atoms with E-state index in [-0.39, 0.29) is 12.0 Å². The average Bonchev–Trinajstić information content (AvgIpc) is 2.37. The highest BCUT2D eigenvalue weighted by molar-refractivity contribution is 5.27. The van der Waals surface area contributed by atoms with E-state index in [0.29, 0.717) is 12.1 Å². The summed E-state index contributed by atoms with van der Waals surface area (Å²) in [7, 11) is 0. The third-order valence-corrected chi connectivity index (χ3v) is 3.16. The number of likely N-dealkylation sites (N-methyl/N-ethyl adjacent to an activating group) is 1. The maximum atomic E-state index is 13.9. The SMILES string of the molecule is CCNC(Cc1cc(F)cc(F)c1)c1c(F)cccc1F. The van der Waals surface area contributed by atoms with Crippen molar-refractivity contribution in [2.24, 2.45) is 0 Å². The van der Waals surface area contributed by atoms with E-state index in [1.54, 1.807) is 6.92 Å². The van der Waals surface area contributed by atoms with Crippen LogP contribution in [0, 0.1) is 23.3 Å². The van der Waals surface area contributed by atoms with Crippen LogP contribution < -0.4 is 5.32 Å². The van der Waals surface area contributed by atoms with Crippen LogP contribution in [-0.2, 0) is 6.42 Å². The predicted octanol–water partition coefficient (Wildman–Crippen LogP) is 4.14. The Morgan fingerprint density at radius 2 is 1.52 bits per heavy atom. The molecular weight excluding hydrogens is 282 g/mol. The molecule has 0 aliphatic heterocycles. The molecule has 0 aliphatic carbocycles. The minimum Gasteiger partial charge on any atom is -0.310 e. The largest absolute Gasteiger partial charge is 0.310 e. The first-order valence-electron chi connectivity index (χ1n) is 6.63. The fourth-order valence-corrected chi connectivity index (χ4v) is 2.33. The van der Waals surface area contributed by atoms with Gasteiger partial charge in [0.25, 0.3) is 0 Å². The van der Waals surface area contributed by atoms with Crippen molar-refractivity contribution in [1.29, 1.82) is 0 Å². The number of benzene rings is 2. The van der Waals surface area contributed by atoms with Crippen LogP contribution in [0.1, 0.15) is 24.1 Å². The molecule has 21 heavy (non-hydrogen) atoms. The lowest BCUT2D eigenvalue weighted by Crippen LogP contribution is -2.25. The molecule has 1 N–H and O–H groups in total. The summed E-state index contributed by atoms with van der Waals surface area (Å²) >= 11 is 0. The van der Waals surface area contributed by atoms with Crippen LogP contribution >= 0.6 is 0 Å². The number of halogens is 4. The molecule has 0 heterocycles. The number of hydrogen-bond acceptors (Lipinski definition) is 1. The Kier molecular flexibility index (Phi) is 4.96. The lowest BCUT2D eigenvalue weighted by molar-refractivity contribution is 0.471. The molecule has 0 spiro atoms. The maximum absolute atomic E-state index is 13.9. The van der Waals surface area contributed by atoms with Crippen LogP contribution in [0.2, 0.25) is 0 Å². The molecule has 2 aromatic rings. The van der Waals surface area contributed by atoms with E-state index < -0.39 is 29.3 Å². The fraction of sp³-hybridized carbons (Fsp3) is 0.250. The zero-order valence-electron chi connectivity index (χ0n) is 11.5. The molecule has 1 nitrogen and oxygen atoms in total. The van der Waals surface area contributed by atoms with Gasteiger partial charge in [0, 0.05) is 17.7 Å². The van der Waals surface area contributed by atoms with Gasteiger partial charge in [0.05, 0.1) is 0 Å². The maximum Gasteiger partial charge on any atom is 0.130 e. The highest BCUT2D eigenvalue weighted by Crippen LogP contribution is 2.24. The van der Waals surface area contributed by atoms with Crippen LogP contribution in [-0.4, -0.2) is 6.54 Å². The van der Waals surface area contributed by atoms with Gasteiger partial charge in [-0.05, 0) is 42.8 Å². The Bertz CT molecular complexity index is 587. The molecule has 0 radical (unpaired) electrons. The molecule has 5 heteroatoms. The number of rotatable bonds is 5. The molecular formula is C16H15F4N. The molecule has 0 bridgehead atoms. The molecule has 112 valence electrons. The number of hydrogen-bond donors (Lipinski definition) is 1. The molecule has 0 aliphatic rings. The van der Waals surface area contributed by atoms with Crippen LogP contribution in [0.4, 0.5) is 17.6 Å². The molecule has 2 aromatic carbocycles. The second kappa shape index (κ2) is 6.72. The van der Waals surface area contributed by atoms with Crippen molar-refractivity contribution in [3.63, 3.8) is 0 Å². The number of nitrogens with one attached hydrogen (secondary N) is 1. The second-order valence-electron chi connectivity index (χ2n) is 4.73. The third-order valence-electron chi connectivity index (χ3n) is 3.16. The molecule has 0 saturated carbocycles.